The Bertz CT molecular complexity index is 1760. The Kier molecular flexibility index (Phi) is 5.33. The molecule has 40 heavy (non-hydrogen) atoms. The molecule has 1 fully saturated rings. The van der Waals surface area contributed by atoms with Crippen LogP contribution in [0, 0.1) is 16.0 Å². The smallest absolute Gasteiger partial charge is 0.270 e. The lowest BCUT2D eigenvalue weighted by atomic mass is 9.63. The number of ketones is 2. The van der Waals surface area contributed by atoms with E-state index in [2.05, 4.69) is 5.32 Å². The number of benzene rings is 3. The van der Waals surface area contributed by atoms with Crippen LogP contribution in [0.4, 0.5) is 11.4 Å². The van der Waals surface area contributed by atoms with Crippen molar-refractivity contribution < 1.29 is 19.3 Å². The molecule has 0 bridgehead atoms. The number of nitrogens with zero attached hydrogens (tertiary/aromatic N) is 2. The second-order valence-corrected chi connectivity index (χ2v) is 11.0. The molecule has 8 nitrogen and oxygen atoms in total. The number of hydrogen-bond acceptors (Lipinski definition) is 7. The number of nitrogens with one attached hydrogen (secondary N) is 1. The molecule has 3 aliphatic heterocycles. The number of non-ortho nitro benzene ring substituents is 1. The van der Waals surface area contributed by atoms with E-state index in [9.17, 15) is 24.5 Å². The van der Waals surface area contributed by atoms with Crippen LogP contribution in [0.25, 0.3) is 6.08 Å². The van der Waals surface area contributed by atoms with Crippen LogP contribution in [0.15, 0.2) is 96.5 Å². The molecule has 3 aromatic carbocycles. The quantitative estimate of drug-likeness (QED) is 0.197. The third kappa shape index (κ3) is 3.21. The Balaban J connectivity index is 1.53. The molecule has 0 saturated carbocycles. The van der Waals surface area contributed by atoms with Crippen LogP contribution in [0.2, 0.25) is 0 Å². The number of amides is 1. The van der Waals surface area contributed by atoms with Crippen LogP contribution >= 0.6 is 11.3 Å². The van der Waals surface area contributed by atoms with Gasteiger partial charge in [0.1, 0.15) is 11.5 Å². The number of anilines is 1. The van der Waals surface area contributed by atoms with Gasteiger partial charge < -0.3 is 10.2 Å². The Labute approximate surface area is 232 Å². The lowest BCUT2D eigenvalue weighted by Crippen LogP contribution is -2.49. The molecule has 4 heterocycles. The van der Waals surface area contributed by atoms with Gasteiger partial charge in [-0.15, -0.1) is 11.3 Å². The summed E-state index contributed by atoms with van der Waals surface area (Å²) in [6, 6.07) is 22.2. The molecule has 9 heteroatoms. The van der Waals surface area contributed by atoms with Crippen LogP contribution < -0.4 is 5.32 Å². The van der Waals surface area contributed by atoms with E-state index < -0.39 is 34.1 Å². The van der Waals surface area contributed by atoms with Gasteiger partial charge in [-0.05, 0) is 40.3 Å². The largest absolute Gasteiger partial charge is 0.358 e. The van der Waals surface area contributed by atoms with Crippen molar-refractivity contribution in [3.05, 3.63) is 134 Å². The summed E-state index contributed by atoms with van der Waals surface area (Å²) in [5, 5.41) is 16.3. The van der Waals surface area contributed by atoms with Gasteiger partial charge in [0.05, 0.1) is 21.8 Å². The number of rotatable bonds is 5. The van der Waals surface area contributed by atoms with Crippen molar-refractivity contribution in [2.75, 3.05) is 5.32 Å². The summed E-state index contributed by atoms with van der Waals surface area (Å²) >= 11 is 1.26. The van der Waals surface area contributed by atoms with E-state index >= 15 is 0 Å². The Morgan fingerprint density at radius 1 is 0.950 bits per heavy atom. The lowest BCUT2D eigenvalue weighted by molar-refractivity contribution is -0.384. The first kappa shape index (κ1) is 24.2. The number of thiophene rings is 1. The second kappa shape index (κ2) is 8.82. The molecule has 1 spiro atoms. The number of carbonyl (C=O) groups is 3. The van der Waals surface area contributed by atoms with E-state index in [4.69, 9.17) is 0 Å². The van der Waals surface area contributed by atoms with Gasteiger partial charge in [-0.2, -0.15) is 0 Å². The summed E-state index contributed by atoms with van der Waals surface area (Å²) in [5.74, 6) is -2.23. The highest BCUT2D eigenvalue weighted by Gasteiger charge is 2.70. The lowest BCUT2D eigenvalue weighted by Gasteiger charge is -2.38. The maximum absolute atomic E-state index is 14.5. The predicted molar refractivity (Wildman–Crippen MR) is 150 cm³/mol. The van der Waals surface area contributed by atoms with Crippen molar-refractivity contribution in [1.82, 2.24) is 4.90 Å². The molecule has 1 N–H and O–H groups in total. The maximum atomic E-state index is 14.5. The van der Waals surface area contributed by atoms with Gasteiger partial charge in [0.2, 0.25) is 5.91 Å². The standard InChI is InChI=1S/C31H21N3O5S/c35-27(19-8-5-9-20(17-19)34(38)39)26-25(28(36)24-13-6-16-40-24)31(22-11-3-4-12-23(22)32-30(31)37)29-21-10-2-1-7-18(21)14-15-33(26)29/h1-17,25-26,29H,(H,32,37)/t25-,26+,29-,31+/m0/s1. The van der Waals surface area contributed by atoms with Gasteiger partial charge in [0.15, 0.2) is 11.6 Å². The average Bonchev–Trinajstić information content (AvgIpc) is 3.69. The molecule has 0 radical (unpaired) electrons. The summed E-state index contributed by atoms with van der Waals surface area (Å²) < 4.78 is 0. The number of nitro groups is 1. The van der Waals surface area contributed by atoms with Gasteiger partial charge in [-0.25, -0.2) is 0 Å². The van der Waals surface area contributed by atoms with Gasteiger partial charge in [-0.3, -0.25) is 24.5 Å². The topological polar surface area (TPSA) is 110 Å². The number of carbonyl (C=O) groups excluding carboxylic acids is 3. The molecule has 0 unspecified atom stereocenters. The summed E-state index contributed by atoms with van der Waals surface area (Å²) in [6.07, 6.45) is 3.66. The fourth-order valence-electron chi connectivity index (χ4n) is 6.68. The van der Waals surface area contributed by atoms with Crippen LogP contribution in [-0.2, 0) is 10.2 Å². The van der Waals surface area contributed by atoms with Crippen molar-refractivity contribution >= 4 is 46.3 Å². The van der Waals surface area contributed by atoms with Crippen molar-refractivity contribution in [2.45, 2.75) is 17.5 Å². The molecule has 3 aliphatic rings. The summed E-state index contributed by atoms with van der Waals surface area (Å²) in [7, 11) is 0. The fraction of sp³-hybridized carbons (Fsp3) is 0.129. The van der Waals surface area contributed by atoms with Gasteiger partial charge >= 0.3 is 0 Å². The van der Waals surface area contributed by atoms with Crippen molar-refractivity contribution in [3.8, 4) is 0 Å². The predicted octanol–water partition coefficient (Wildman–Crippen LogP) is 5.64. The first-order valence-corrected chi connectivity index (χ1v) is 13.6. The summed E-state index contributed by atoms with van der Waals surface area (Å²) in [5.41, 5.74) is 1.44. The Morgan fingerprint density at radius 2 is 1.75 bits per heavy atom. The van der Waals surface area contributed by atoms with Crippen LogP contribution in [-0.4, -0.2) is 33.3 Å². The molecule has 196 valence electrons. The molecule has 1 amide bonds. The van der Waals surface area contributed by atoms with Gasteiger partial charge in [0.25, 0.3) is 5.69 Å². The minimum Gasteiger partial charge on any atom is -0.358 e. The minimum atomic E-state index is -1.43. The number of Topliss-reactive ketones (excluding diaryl/α,β-unsaturated/α-hetero) is 2. The van der Waals surface area contributed by atoms with Crippen molar-refractivity contribution in [3.63, 3.8) is 0 Å². The van der Waals surface area contributed by atoms with Gasteiger partial charge in [0, 0.05) is 29.6 Å². The molecule has 7 rings (SSSR count). The Morgan fingerprint density at radius 3 is 2.55 bits per heavy atom. The zero-order valence-corrected chi connectivity index (χ0v) is 21.7. The zero-order chi connectivity index (χ0) is 27.6. The fourth-order valence-corrected chi connectivity index (χ4v) is 7.39. The van der Waals surface area contributed by atoms with Crippen molar-refractivity contribution in [2.24, 2.45) is 5.92 Å². The van der Waals surface area contributed by atoms with E-state index in [1.165, 1.54) is 35.6 Å². The third-order valence-electron chi connectivity index (χ3n) is 8.23. The SMILES string of the molecule is O=C(c1cccs1)[C@@H]1[C@H](C(=O)c2cccc([N+](=O)[O-])c2)N2C=Cc3ccccc3[C@H]2[C@]12C(=O)Nc1ccccc12. The normalized spacial score (nSPS) is 23.9. The van der Waals surface area contributed by atoms with Gasteiger partial charge in [-0.1, -0.05) is 60.7 Å². The number of nitro benzene ring substituents is 1. The van der Waals surface area contributed by atoms with E-state index in [0.29, 0.717) is 16.1 Å². The highest BCUT2D eigenvalue weighted by atomic mass is 32.1. The zero-order valence-electron chi connectivity index (χ0n) is 20.9. The van der Waals surface area contributed by atoms with E-state index in [1.54, 1.807) is 29.8 Å². The van der Waals surface area contributed by atoms with E-state index in [-0.39, 0.29) is 22.9 Å². The average molecular weight is 548 g/mol. The summed E-state index contributed by atoms with van der Waals surface area (Å²) in [6.45, 7) is 0. The Hall–Kier alpha value is -4.89. The molecule has 4 aromatic rings. The molecule has 0 aliphatic carbocycles. The first-order chi connectivity index (χ1) is 19.4. The first-order valence-electron chi connectivity index (χ1n) is 12.7. The molecular weight excluding hydrogens is 526 g/mol. The number of fused-ring (bicyclic) bond motifs is 6. The molecule has 4 atom stereocenters. The van der Waals surface area contributed by atoms with Crippen LogP contribution in [0.3, 0.4) is 0 Å². The van der Waals surface area contributed by atoms with E-state index in [1.807, 2.05) is 53.4 Å². The highest BCUT2D eigenvalue weighted by Crippen LogP contribution is 2.62. The second-order valence-electron chi connectivity index (χ2n) is 10.1. The molecular formula is C31H21N3O5S. The monoisotopic (exact) mass is 547 g/mol. The van der Waals surface area contributed by atoms with Crippen molar-refractivity contribution in [1.29, 1.82) is 0 Å². The number of para-hydroxylation sites is 1. The highest BCUT2D eigenvalue weighted by molar-refractivity contribution is 7.12. The van der Waals surface area contributed by atoms with Crippen LogP contribution in [0.5, 0.6) is 0 Å². The maximum Gasteiger partial charge on any atom is 0.270 e. The number of hydrogen-bond donors (Lipinski definition) is 1. The minimum absolute atomic E-state index is 0.109. The summed E-state index contributed by atoms with van der Waals surface area (Å²) in [4.78, 5) is 56.6. The van der Waals surface area contributed by atoms with Crippen LogP contribution in [0.1, 0.15) is 42.8 Å². The van der Waals surface area contributed by atoms with E-state index in [0.717, 1.165) is 11.1 Å². The molecule has 1 aromatic heterocycles. The third-order valence-corrected chi connectivity index (χ3v) is 9.11. The molecule has 1 saturated heterocycles.